The summed E-state index contributed by atoms with van der Waals surface area (Å²) in [4.78, 5) is 18.7. The number of carbonyl (C=O) groups is 1. The molecule has 8 nitrogen and oxygen atoms in total. The number of carbonyl (C=O) groups excluding carboxylic acids is 1. The number of thiazole rings is 1. The predicted molar refractivity (Wildman–Crippen MR) is 152 cm³/mol. The molecule has 39 heavy (non-hydrogen) atoms. The monoisotopic (exact) mass is 564 g/mol. The van der Waals surface area contributed by atoms with Gasteiger partial charge in [-0.3, -0.25) is 10.3 Å². The fourth-order valence-electron chi connectivity index (χ4n) is 4.21. The Hall–Kier alpha value is -3.57. The van der Waals surface area contributed by atoms with Crippen LogP contribution >= 0.6 is 11.3 Å². The predicted octanol–water partition coefficient (Wildman–Crippen LogP) is 5.28. The van der Waals surface area contributed by atoms with Crippen LogP contribution in [0.4, 0.5) is 5.69 Å². The number of anilines is 1. The number of aryl methyl sites for hydroxylation is 1. The minimum atomic E-state index is -2.67. The molecule has 3 atom stereocenters. The zero-order chi connectivity index (χ0) is 27.6. The Bertz CT molecular complexity index is 1380. The third kappa shape index (κ3) is 8.21. The molecule has 0 saturated heterocycles. The zero-order valence-electron chi connectivity index (χ0n) is 21.7. The lowest BCUT2D eigenvalue weighted by molar-refractivity contribution is -0.123. The average Bonchev–Trinajstić information content (AvgIpc) is 3.45. The Morgan fingerprint density at radius 2 is 1.77 bits per heavy atom. The van der Waals surface area contributed by atoms with E-state index in [4.69, 9.17) is 9.72 Å². The molecule has 0 bridgehead atoms. The molecule has 1 unspecified atom stereocenters. The highest BCUT2D eigenvalue weighted by molar-refractivity contribution is 7.74. The second kappa shape index (κ2) is 14.0. The summed E-state index contributed by atoms with van der Waals surface area (Å²) >= 11 is -1.14. The molecule has 0 aliphatic rings. The third-order valence-electron chi connectivity index (χ3n) is 6.26. The van der Waals surface area contributed by atoms with Gasteiger partial charge in [0.1, 0.15) is 22.1 Å². The molecule has 0 aliphatic heterocycles. The van der Waals surface area contributed by atoms with Gasteiger partial charge in [-0.25, -0.2) is 9.19 Å². The highest BCUT2D eigenvalue weighted by atomic mass is 32.2. The Kier molecular flexibility index (Phi) is 10.2. The summed E-state index contributed by atoms with van der Waals surface area (Å²) in [6, 6.07) is 24.4. The number of benzene rings is 3. The van der Waals surface area contributed by atoms with E-state index >= 15 is 0 Å². The van der Waals surface area contributed by atoms with Crippen molar-refractivity contribution in [2.45, 2.75) is 38.1 Å². The molecule has 0 aliphatic carbocycles. The lowest BCUT2D eigenvalue weighted by Gasteiger charge is -2.23. The molecule has 10 heteroatoms. The fourth-order valence-corrected chi connectivity index (χ4v) is 5.33. The number of rotatable bonds is 13. The van der Waals surface area contributed by atoms with Crippen molar-refractivity contribution in [1.29, 1.82) is 0 Å². The molecule has 2 N–H and O–H groups in total. The van der Waals surface area contributed by atoms with Crippen molar-refractivity contribution in [3.05, 3.63) is 112 Å². The smallest absolute Gasteiger partial charge is 0.228 e. The SMILES string of the molecule is CCc1csc([C@H](Cc2ccc(NOS(=O)[O-])cc2)NC(=O)[C@@H](Cc2ccccc2)c2cccc(OC)c2)n1. The van der Waals surface area contributed by atoms with Crippen LogP contribution < -0.4 is 15.5 Å². The van der Waals surface area contributed by atoms with Crippen molar-refractivity contribution < 1.29 is 22.6 Å². The van der Waals surface area contributed by atoms with E-state index in [1.165, 1.54) is 11.3 Å². The van der Waals surface area contributed by atoms with Gasteiger partial charge in [-0.05, 0) is 60.2 Å². The summed E-state index contributed by atoms with van der Waals surface area (Å²) in [5.74, 6) is 0.156. The maximum absolute atomic E-state index is 13.9. The minimum absolute atomic E-state index is 0.102. The summed E-state index contributed by atoms with van der Waals surface area (Å²) in [6.07, 6.45) is 1.85. The van der Waals surface area contributed by atoms with Crippen molar-refractivity contribution in [1.82, 2.24) is 10.3 Å². The number of nitrogens with zero attached hydrogens (tertiary/aromatic N) is 1. The van der Waals surface area contributed by atoms with Gasteiger partial charge in [0, 0.05) is 5.38 Å². The van der Waals surface area contributed by atoms with Crippen LogP contribution in [0.2, 0.25) is 0 Å². The van der Waals surface area contributed by atoms with E-state index < -0.39 is 17.3 Å². The number of nitrogens with one attached hydrogen (secondary N) is 2. The molecule has 0 fully saturated rings. The number of aromatic nitrogens is 1. The van der Waals surface area contributed by atoms with Gasteiger partial charge in [0.25, 0.3) is 0 Å². The first-order chi connectivity index (χ1) is 18.9. The van der Waals surface area contributed by atoms with Gasteiger partial charge in [-0.15, -0.1) is 11.3 Å². The summed E-state index contributed by atoms with van der Waals surface area (Å²) in [5, 5.41) is 6.13. The largest absolute Gasteiger partial charge is 0.748 e. The van der Waals surface area contributed by atoms with Crippen molar-refractivity contribution in [2.24, 2.45) is 0 Å². The molecule has 204 valence electrons. The Balaban J connectivity index is 1.60. The van der Waals surface area contributed by atoms with Gasteiger partial charge in [-0.2, -0.15) is 4.28 Å². The van der Waals surface area contributed by atoms with Crippen LogP contribution in [-0.2, 0) is 39.7 Å². The minimum Gasteiger partial charge on any atom is -0.748 e. The van der Waals surface area contributed by atoms with Gasteiger partial charge < -0.3 is 14.6 Å². The van der Waals surface area contributed by atoms with Crippen LogP contribution in [-0.4, -0.2) is 26.8 Å². The molecule has 4 aromatic rings. The van der Waals surface area contributed by atoms with Crippen LogP contribution in [0.25, 0.3) is 0 Å². The quantitative estimate of drug-likeness (QED) is 0.168. The molecular weight excluding hydrogens is 534 g/mol. The van der Waals surface area contributed by atoms with Gasteiger partial charge in [0.2, 0.25) is 5.91 Å². The topological polar surface area (TPSA) is 113 Å². The normalized spacial score (nSPS) is 13.3. The second-order valence-electron chi connectivity index (χ2n) is 8.90. The first kappa shape index (κ1) is 28.4. The van der Waals surface area contributed by atoms with Gasteiger partial charge in [0.05, 0.1) is 30.5 Å². The fraction of sp³-hybridized carbons (Fsp3) is 0.241. The highest BCUT2D eigenvalue weighted by Crippen LogP contribution is 2.28. The van der Waals surface area contributed by atoms with Crippen LogP contribution in [0.1, 0.15) is 46.3 Å². The molecule has 0 radical (unpaired) electrons. The molecular formula is C29H30N3O5S2-. The number of ether oxygens (including phenoxy) is 1. The first-order valence-electron chi connectivity index (χ1n) is 12.5. The lowest BCUT2D eigenvalue weighted by atomic mass is 9.90. The molecule has 1 heterocycles. The Morgan fingerprint density at radius 3 is 2.44 bits per heavy atom. The number of hydrogen-bond acceptors (Lipinski definition) is 8. The van der Waals surface area contributed by atoms with E-state index in [1.54, 1.807) is 19.2 Å². The van der Waals surface area contributed by atoms with E-state index in [9.17, 15) is 13.6 Å². The van der Waals surface area contributed by atoms with E-state index in [0.717, 1.165) is 33.8 Å². The average molecular weight is 565 g/mol. The molecule has 1 aromatic heterocycles. The second-order valence-corrected chi connectivity index (χ2v) is 10.4. The van der Waals surface area contributed by atoms with Gasteiger partial charge in [0.15, 0.2) is 0 Å². The first-order valence-corrected chi connectivity index (χ1v) is 14.4. The molecule has 0 spiro atoms. The molecule has 4 rings (SSSR count). The summed E-state index contributed by atoms with van der Waals surface area (Å²) in [5.41, 5.74) is 6.71. The van der Waals surface area contributed by atoms with Crippen LogP contribution in [0, 0.1) is 0 Å². The zero-order valence-corrected chi connectivity index (χ0v) is 23.3. The van der Waals surface area contributed by atoms with Crippen molar-refractivity contribution in [3.8, 4) is 5.75 Å². The maximum Gasteiger partial charge on any atom is 0.228 e. The van der Waals surface area contributed by atoms with E-state index in [0.29, 0.717) is 24.3 Å². The third-order valence-corrected chi connectivity index (χ3v) is 7.49. The number of methoxy groups -OCH3 is 1. The van der Waals surface area contributed by atoms with Gasteiger partial charge in [-0.1, -0.05) is 61.5 Å². The summed E-state index contributed by atoms with van der Waals surface area (Å²) < 4.78 is 31.1. The number of hydrogen-bond donors (Lipinski definition) is 2. The van der Waals surface area contributed by atoms with Crippen LogP contribution in [0.3, 0.4) is 0 Å². The number of amides is 1. The Morgan fingerprint density at radius 1 is 1.03 bits per heavy atom. The Labute approximate surface area is 234 Å². The molecule has 3 aromatic carbocycles. The van der Waals surface area contributed by atoms with Crippen LogP contribution in [0.15, 0.2) is 84.2 Å². The summed E-state index contributed by atoms with van der Waals surface area (Å²) in [6.45, 7) is 2.05. The lowest BCUT2D eigenvalue weighted by Crippen LogP contribution is -2.35. The van der Waals surface area contributed by atoms with Gasteiger partial charge >= 0.3 is 0 Å². The standard InChI is InChI=1S/C29H31N3O5S2/c1-3-23-19-38-29(30-23)27(17-21-12-14-24(15-13-21)32-37-39(34)35)31-28(33)26(16-20-8-5-4-6-9-20)22-10-7-11-25(18-22)36-2/h4-15,18-19,26-27,32H,3,16-17H2,1-2H3,(H,31,33)(H,34,35)/p-1/t26-,27-/m0/s1. The maximum atomic E-state index is 13.9. The van der Waals surface area contributed by atoms with Crippen molar-refractivity contribution in [3.63, 3.8) is 0 Å². The molecule has 0 saturated carbocycles. The molecule has 1 amide bonds. The summed E-state index contributed by atoms with van der Waals surface area (Å²) in [7, 11) is 1.61. The van der Waals surface area contributed by atoms with Crippen molar-refractivity contribution in [2.75, 3.05) is 12.6 Å². The van der Waals surface area contributed by atoms with E-state index in [2.05, 4.69) is 15.1 Å². The van der Waals surface area contributed by atoms with E-state index in [-0.39, 0.29) is 11.9 Å². The highest BCUT2D eigenvalue weighted by Gasteiger charge is 2.26. The van der Waals surface area contributed by atoms with Crippen LogP contribution in [0.5, 0.6) is 5.75 Å². The van der Waals surface area contributed by atoms with E-state index in [1.807, 2.05) is 79.0 Å². The van der Waals surface area contributed by atoms with Crippen molar-refractivity contribution >= 4 is 34.3 Å².